The molecule has 5 heteroatoms. The number of H-pyrrole nitrogens is 1. The van der Waals surface area contributed by atoms with Crippen molar-refractivity contribution in [3.05, 3.63) is 34.4 Å². The Labute approximate surface area is 121 Å². The highest BCUT2D eigenvalue weighted by Crippen LogP contribution is 2.21. The molecule has 4 nitrogen and oxygen atoms in total. The zero-order valence-corrected chi connectivity index (χ0v) is 12.5. The van der Waals surface area contributed by atoms with Crippen LogP contribution in [0.2, 0.25) is 0 Å². The van der Waals surface area contributed by atoms with Gasteiger partial charge in [0.15, 0.2) is 0 Å². The van der Waals surface area contributed by atoms with E-state index < -0.39 is 0 Å². The van der Waals surface area contributed by atoms with E-state index in [1.165, 1.54) is 5.39 Å². The molecule has 0 amide bonds. The van der Waals surface area contributed by atoms with Crippen molar-refractivity contribution in [3.8, 4) is 0 Å². The van der Waals surface area contributed by atoms with Crippen LogP contribution in [0, 0.1) is 0 Å². The lowest BCUT2D eigenvalue weighted by Crippen LogP contribution is -2.41. The van der Waals surface area contributed by atoms with Gasteiger partial charge in [0.1, 0.15) is 0 Å². The molecule has 1 saturated heterocycles. The van der Waals surface area contributed by atoms with Crippen LogP contribution in [0.3, 0.4) is 0 Å². The van der Waals surface area contributed by atoms with Gasteiger partial charge >= 0.3 is 0 Å². The number of aromatic amines is 1. The monoisotopic (exact) mass is 320 g/mol. The minimum absolute atomic E-state index is 0.999. The number of halogens is 1. The predicted octanol–water partition coefficient (Wildman–Crippen LogP) is 2.51. The molecule has 0 atom stereocenters. The van der Waals surface area contributed by atoms with Crippen LogP contribution >= 0.6 is 15.9 Å². The molecule has 0 aliphatic carbocycles. The fraction of sp³-hybridized carbons (Fsp3) is 0.357. The Kier molecular flexibility index (Phi) is 3.57. The van der Waals surface area contributed by atoms with Gasteiger partial charge in [0.05, 0.1) is 6.21 Å². The predicted molar refractivity (Wildman–Crippen MR) is 82.7 cm³/mol. The van der Waals surface area contributed by atoms with Crippen molar-refractivity contribution in [2.75, 3.05) is 33.2 Å². The van der Waals surface area contributed by atoms with E-state index in [0.717, 1.165) is 41.7 Å². The van der Waals surface area contributed by atoms with E-state index in [4.69, 9.17) is 0 Å². The van der Waals surface area contributed by atoms with Crippen molar-refractivity contribution < 1.29 is 0 Å². The molecule has 2 heterocycles. The van der Waals surface area contributed by atoms with E-state index >= 15 is 0 Å². The van der Waals surface area contributed by atoms with Crippen LogP contribution in [0.25, 0.3) is 10.9 Å². The van der Waals surface area contributed by atoms with Crippen LogP contribution in [0.15, 0.2) is 34.0 Å². The lowest BCUT2D eigenvalue weighted by atomic mass is 10.2. The molecule has 1 aliphatic heterocycles. The Morgan fingerprint density at radius 2 is 2.05 bits per heavy atom. The molecule has 1 N–H and O–H groups in total. The minimum atomic E-state index is 0.999. The van der Waals surface area contributed by atoms with Crippen molar-refractivity contribution in [3.63, 3.8) is 0 Å². The van der Waals surface area contributed by atoms with Crippen molar-refractivity contribution in [2.45, 2.75) is 0 Å². The van der Waals surface area contributed by atoms with E-state index in [0.29, 0.717) is 0 Å². The first kappa shape index (κ1) is 12.7. The first-order chi connectivity index (χ1) is 9.22. The summed E-state index contributed by atoms with van der Waals surface area (Å²) >= 11 is 3.51. The van der Waals surface area contributed by atoms with Crippen LogP contribution in [0.4, 0.5) is 0 Å². The Bertz CT molecular complexity index is 597. The average molecular weight is 321 g/mol. The maximum absolute atomic E-state index is 4.59. The lowest BCUT2D eigenvalue weighted by Gasteiger charge is -2.30. The number of rotatable bonds is 2. The summed E-state index contributed by atoms with van der Waals surface area (Å²) in [6.45, 7) is 4.16. The maximum Gasteiger partial charge on any atom is 0.0564 e. The summed E-state index contributed by atoms with van der Waals surface area (Å²) in [4.78, 5) is 5.60. The number of nitrogens with one attached hydrogen (secondary N) is 1. The molecule has 1 aromatic carbocycles. The third-order valence-electron chi connectivity index (χ3n) is 3.52. The number of piperazine rings is 1. The number of aromatic nitrogens is 1. The van der Waals surface area contributed by atoms with Crippen molar-refractivity contribution in [1.29, 1.82) is 0 Å². The van der Waals surface area contributed by atoms with E-state index in [2.05, 4.69) is 55.1 Å². The van der Waals surface area contributed by atoms with Gasteiger partial charge in [-0.3, -0.25) is 5.01 Å². The molecule has 0 saturated carbocycles. The molecule has 2 aromatic rings. The molecule has 0 spiro atoms. The number of benzene rings is 1. The first-order valence-electron chi connectivity index (χ1n) is 6.46. The average Bonchev–Trinajstić information content (AvgIpc) is 2.80. The topological polar surface area (TPSA) is 34.6 Å². The second kappa shape index (κ2) is 5.35. The SMILES string of the molecule is CN1CCN(/N=C/c2c[nH]c3ccc(Br)cc23)CC1. The highest BCUT2D eigenvalue weighted by atomic mass is 79.9. The van der Waals surface area contributed by atoms with Gasteiger partial charge in [0, 0.05) is 53.3 Å². The van der Waals surface area contributed by atoms with Crippen molar-refractivity contribution >= 4 is 33.0 Å². The second-order valence-corrected chi connectivity index (χ2v) is 5.85. The van der Waals surface area contributed by atoms with Gasteiger partial charge < -0.3 is 9.88 Å². The van der Waals surface area contributed by atoms with Crippen LogP contribution in [-0.4, -0.2) is 54.3 Å². The molecule has 0 radical (unpaired) electrons. The highest BCUT2D eigenvalue weighted by molar-refractivity contribution is 9.10. The summed E-state index contributed by atoms with van der Waals surface area (Å²) in [5.74, 6) is 0. The van der Waals surface area contributed by atoms with Crippen molar-refractivity contribution in [1.82, 2.24) is 14.9 Å². The molecule has 1 aromatic heterocycles. The number of hydrogen-bond acceptors (Lipinski definition) is 3. The minimum Gasteiger partial charge on any atom is -0.361 e. The Balaban J connectivity index is 1.79. The summed E-state index contributed by atoms with van der Waals surface area (Å²) in [5.41, 5.74) is 2.28. The quantitative estimate of drug-likeness (QED) is 0.863. The fourth-order valence-corrected chi connectivity index (χ4v) is 2.64. The second-order valence-electron chi connectivity index (χ2n) is 4.94. The van der Waals surface area contributed by atoms with Gasteiger partial charge in [-0.05, 0) is 25.2 Å². The molecule has 19 heavy (non-hydrogen) atoms. The molecule has 3 rings (SSSR count). The van der Waals surface area contributed by atoms with E-state index in [-0.39, 0.29) is 0 Å². The van der Waals surface area contributed by atoms with Crippen LogP contribution in [0.5, 0.6) is 0 Å². The van der Waals surface area contributed by atoms with Crippen LogP contribution < -0.4 is 0 Å². The summed E-state index contributed by atoms with van der Waals surface area (Å²) in [6.07, 6.45) is 3.97. The Morgan fingerprint density at radius 1 is 1.26 bits per heavy atom. The van der Waals surface area contributed by atoms with Crippen molar-refractivity contribution in [2.24, 2.45) is 5.10 Å². The van der Waals surface area contributed by atoms with E-state index in [9.17, 15) is 0 Å². The number of hydrogen-bond donors (Lipinski definition) is 1. The maximum atomic E-state index is 4.59. The van der Waals surface area contributed by atoms with Gasteiger partial charge in [-0.1, -0.05) is 15.9 Å². The normalized spacial score (nSPS) is 17.7. The van der Waals surface area contributed by atoms with Gasteiger partial charge in [-0.25, -0.2) is 0 Å². The zero-order valence-electron chi connectivity index (χ0n) is 10.9. The van der Waals surface area contributed by atoms with E-state index in [1.54, 1.807) is 0 Å². The fourth-order valence-electron chi connectivity index (χ4n) is 2.28. The third kappa shape index (κ3) is 2.82. The third-order valence-corrected chi connectivity index (χ3v) is 4.01. The lowest BCUT2D eigenvalue weighted by molar-refractivity contribution is 0.159. The summed E-state index contributed by atoms with van der Waals surface area (Å²) in [7, 11) is 2.15. The number of hydrazone groups is 1. The molecule has 1 aliphatic rings. The largest absolute Gasteiger partial charge is 0.361 e. The highest BCUT2D eigenvalue weighted by Gasteiger charge is 2.11. The van der Waals surface area contributed by atoms with Crippen LogP contribution in [0.1, 0.15) is 5.56 Å². The van der Waals surface area contributed by atoms with Gasteiger partial charge in [0.25, 0.3) is 0 Å². The van der Waals surface area contributed by atoms with Crippen LogP contribution in [-0.2, 0) is 0 Å². The smallest absolute Gasteiger partial charge is 0.0564 e. The molecule has 100 valence electrons. The molecule has 1 fully saturated rings. The first-order valence-corrected chi connectivity index (χ1v) is 7.26. The summed E-state index contributed by atoms with van der Waals surface area (Å²) in [6, 6.07) is 6.24. The molecule has 0 bridgehead atoms. The van der Waals surface area contributed by atoms with Gasteiger partial charge in [-0.15, -0.1) is 0 Å². The van der Waals surface area contributed by atoms with E-state index in [1.807, 2.05) is 18.5 Å². The Morgan fingerprint density at radius 3 is 2.84 bits per heavy atom. The molecule has 0 unspecified atom stereocenters. The molecular formula is C14H17BrN4. The Hall–Kier alpha value is -1.33. The summed E-state index contributed by atoms with van der Waals surface area (Å²) < 4.78 is 1.09. The zero-order chi connectivity index (χ0) is 13.2. The van der Waals surface area contributed by atoms with Gasteiger partial charge in [-0.2, -0.15) is 5.10 Å². The number of nitrogens with zero attached hydrogens (tertiary/aromatic N) is 3. The molecular weight excluding hydrogens is 304 g/mol. The number of likely N-dealkylation sites (N-methyl/N-ethyl adjacent to an activating group) is 1. The summed E-state index contributed by atoms with van der Waals surface area (Å²) in [5, 5.41) is 7.92. The standard InChI is InChI=1S/C14H17BrN4/c1-18-4-6-19(7-5-18)17-10-11-9-16-14-3-2-12(15)8-13(11)14/h2-3,8-10,16H,4-7H2,1H3/b17-10+. The van der Waals surface area contributed by atoms with Gasteiger partial charge in [0.2, 0.25) is 0 Å². The number of fused-ring (bicyclic) bond motifs is 1.